The van der Waals surface area contributed by atoms with Crippen molar-refractivity contribution in [2.45, 2.75) is 33.3 Å². The lowest BCUT2D eigenvalue weighted by molar-refractivity contribution is 0.0757. The Kier molecular flexibility index (Phi) is 6.94. The van der Waals surface area contributed by atoms with Gasteiger partial charge in [-0.2, -0.15) is 0 Å². The first kappa shape index (κ1) is 18.6. The minimum absolute atomic E-state index is 0.0923. The molecule has 24 heavy (non-hydrogen) atoms. The molecule has 0 saturated carbocycles. The topological polar surface area (TPSA) is 51.2 Å². The number of hydrogen-bond donors (Lipinski definition) is 1. The fourth-order valence-corrected chi connectivity index (χ4v) is 2.70. The van der Waals surface area contributed by atoms with Crippen molar-refractivity contribution >= 4 is 21.8 Å². The Balaban J connectivity index is 1.98. The SMILES string of the molecule is Cc1nc(-c2cccc(Br)c2)ccc1C(=O)NCCCOC(C)C. The van der Waals surface area contributed by atoms with E-state index in [1.165, 1.54) is 0 Å². The summed E-state index contributed by atoms with van der Waals surface area (Å²) in [5.74, 6) is -0.0923. The van der Waals surface area contributed by atoms with Crippen molar-refractivity contribution in [1.82, 2.24) is 10.3 Å². The third kappa shape index (κ3) is 5.42. The molecule has 0 spiro atoms. The molecule has 2 rings (SSSR count). The molecule has 0 unspecified atom stereocenters. The van der Waals surface area contributed by atoms with E-state index in [0.717, 1.165) is 27.8 Å². The maximum atomic E-state index is 12.3. The molecule has 5 heteroatoms. The summed E-state index contributed by atoms with van der Waals surface area (Å²) in [5.41, 5.74) is 3.21. The molecule has 2 aromatic rings. The summed E-state index contributed by atoms with van der Waals surface area (Å²) in [4.78, 5) is 16.8. The van der Waals surface area contributed by atoms with Gasteiger partial charge in [-0.3, -0.25) is 9.78 Å². The first-order valence-electron chi connectivity index (χ1n) is 8.11. The lowest BCUT2D eigenvalue weighted by Crippen LogP contribution is -2.26. The second-order valence-electron chi connectivity index (χ2n) is 5.87. The molecule has 1 aromatic carbocycles. The summed E-state index contributed by atoms with van der Waals surface area (Å²) < 4.78 is 6.46. The molecule has 1 aromatic heterocycles. The van der Waals surface area contributed by atoms with E-state index in [1.807, 2.05) is 57.2 Å². The number of benzene rings is 1. The molecule has 0 bridgehead atoms. The van der Waals surface area contributed by atoms with E-state index < -0.39 is 0 Å². The zero-order valence-electron chi connectivity index (χ0n) is 14.3. The third-order valence-corrected chi connectivity index (χ3v) is 4.00. The lowest BCUT2D eigenvalue weighted by atomic mass is 10.1. The lowest BCUT2D eigenvalue weighted by Gasteiger charge is -2.10. The largest absolute Gasteiger partial charge is 0.379 e. The maximum Gasteiger partial charge on any atom is 0.253 e. The molecule has 1 heterocycles. The van der Waals surface area contributed by atoms with Crippen molar-refractivity contribution in [3.8, 4) is 11.3 Å². The first-order valence-corrected chi connectivity index (χ1v) is 8.90. The van der Waals surface area contributed by atoms with Gasteiger partial charge in [-0.25, -0.2) is 0 Å². The molecule has 1 amide bonds. The number of hydrogen-bond acceptors (Lipinski definition) is 3. The van der Waals surface area contributed by atoms with Gasteiger partial charge in [-0.1, -0.05) is 28.1 Å². The van der Waals surface area contributed by atoms with Crippen LogP contribution in [0.3, 0.4) is 0 Å². The average molecular weight is 391 g/mol. The van der Waals surface area contributed by atoms with E-state index in [1.54, 1.807) is 0 Å². The van der Waals surface area contributed by atoms with Gasteiger partial charge in [-0.15, -0.1) is 0 Å². The number of aromatic nitrogens is 1. The zero-order valence-corrected chi connectivity index (χ0v) is 15.9. The van der Waals surface area contributed by atoms with E-state index in [-0.39, 0.29) is 12.0 Å². The van der Waals surface area contributed by atoms with Crippen molar-refractivity contribution in [2.75, 3.05) is 13.2 Å². The van der Waals surface area contributed by atoms with Crippen LogP contribution in [0.25, 0.3) is 11.3 Å². The monoisotopic (exact) mass is 390 g/mol. The van der Waals surface area contributed by atoms with Gasteiger partial charge in [0.2, 0.25) is 0 Å². The van der Waals surface area contributed by atoms with Gasteiger partial charge in [0.25, 0.3) is 5.91 Å². The number of amides is 1. The van der Waals surface area contributed by atoms with Crippen LogP contribution >= 0.6 is 15.9 Å². The van der Waals surface area contributed by atoms with Gasteiger partial charge in [0.1, 0.15) is 0 Å². The predicted molar refractivity (Wildman–Crippen MR) is 100 cm³/mol. The Morgan fingerprint density at radius 3 is 2.75 bits per heavy atom. The van der Waals surface area contributed by atoms with Gasteiger partial charge in [0, 0.05) is 23.2 Å². The van der Waals surface area contributed by atoms with Crippen LogP contribution in [-0.4, -0.2) is 30.1 Å². The standard InChI is InChI=1S/C19H23BrN2O2/c1-13(2)24-11-5-10-21-19(23)17-8-9-18(22-14(17)3)15-6-4-7-16(20)12-15/h4,6-9,12-13H,5,10-11H2,1-3H3,(H,21,23). The highest BCUT2D eigenvalue weighted by atomic mass is 79.9. The average Bonchev–Trinajstić information content (AvgIpc) is 2.54. The number of nitrogens with zero attached hydrogens (tertiary/aromatic N) is 1. The van der Waals surface area contributed by atoms with E-state index in [2.05, 4.69) is 26.2 Å². The molecule has 0 aliphatic carbocycles. The number of ether oxygens (including phenoxy) is 1. The number of carbonyl (C=O) groups excluding carboxylic acids is 1. The Hall–Kier alpha value is -1.72. The van der Waals surface area contributed by atoms with Gasteiger partial charge in [-0.05, 0) is 51.5 Å². The van der Waals surface area contributed by atoms with E-state index in [9.17, 15) is 4.79 Å². The van der Waals surface area contributed by atoms with Crippen molar-refractivity contribution in [2.24, 2.45) is 0 Å². The third-order valence-electron chi connectivity index (χ3n) is 3.51. The summed E-state index contributed by atoms with van der Waals surface area (Å²) in [6, 6.07) is 11.7. The number of pyridine rings is 1. The number of carbonyl (C=O) groups is 1. The summed E-state index contributed by atoms with van der Waals surface area (Å²) in [7, 11) is 0. The quantitative estimate of drug-likeness (QED) is 0.714. The maximum absolute atomic E-state index is 12.3. The van der Waals surface area contributed by atoms with Crippen LogP contribution in [0.5, 0.6) is 0 Å². The predicted octanol–water partition coefficient (Wildman–Crippen LogP) is 4.36. The molecule has 0 fully saturated rings. The Labute approximate surface area is 151 Å². The summed E-state index contributed by atoms with van der Waals surface area (Å²) in [5, 5.41) is 2.92. The number of halogens is 1. The molecular formula is C19H23BrN2O2. The second-order valence-corrected chi connectivity index (χ2v) is 6.78. The van der Waals surface area contributed by atoms with Crippen LogP contribution in [0.4, 0.5) is 0 Å². The Bertz CT molecular complexity index is 702. The minimum Gasteiger partial charge on any atom is -0.379 e. The van der Waals surface area contributed by atoms with Gasteiger partial charge in [0.05, 0.1) is 23.1 Å². The highest BCUT2D eigenvalue weighted by Crippen LogP contribution is 2.22. The minimum atomic E-state index is -0.0923. The van der Waals surface area contributed by atoms with Crippen LogP contribution < -0.4 is 5.32 Å². The van der Waals surface area contributed by atoms with E-state index in [0.29, 0.717) is 18.7 Å². The molecule has 0 aliphatic heterocycles. The number of nitrogens with one attached hydrogen (secondary N) is 1. The van der Waals surface area contributed by atoms with Crippen molar-refractivity contribution < 1.29 is 9.53 Å². The van der Waals surface area contributed by atoms with Crippen LogP contribution in [0.2, 0.25) is 0 Å². The fraction of sp³-hybridized carbons (Fsp3) is 0.368. The number of rotatable bonds is 7. The van der Waals surface area contributed by atoms with Crippen LogP contribution in [0.15, 0.2) is 40.9 Å². The first-order chi connectivity index (χ1) is 11.5. The zero-order chi connectivity index (χ0) is 17.5. The molecule has 1 N–H and O–H groups in total. The van der Waals surface area contributed by atoms with Crippen molar-refractivity contribution in [3.05, 3.63) is 52.1 Å². The van der Waals surface area contributed by atoms with Crippen molar-refractivity contribution in [3.63, 3.8) is 0 Å². The highest BCUT2D eigenvalue weighted by Gasteiger charge is 2.11. The fourth-order valence-electron chi connectivity index (χ4n) is 2.30. The van der Waals surface area contributed by atoms with Crippen LogP contribution in [-0.2, 0) is 4.74 Å². The van der Waals surface area contributed by atoms with Gasteiger partial charge >= 0.3 is 0 Å². The molecular weight excluding hydrogens is 368 g/mol. The molecule has 4 nitrogen and oxygen atoms in total. The summed E-state index contributed by atoms with van der Waals surface area (Å²) in [6.07, 6.45) is 1.02. The molecule has 0 radical (unpaired) electrons. The molecule has 0 aliphatic rings. The molecule has 128 valence electrons. The number of aryl methyl sites for hydroxylation is 1. The van der Waals surface area contributed by atoms with Gasteiger partial charge in [0.15, 0.2) is 0 Å². The van der Waals surface area contributed by atoms with Gasteiger partial charge < -0.3 is 10.1 Å². The Morgan fingerprint density at radius 1 is 1.29 bits per heavy atom. The summed E-state index contributed by atoms with van der Waals surface area (Å²) in [6.45, 7) is 7.11. The normalized spacial score (nSPS) is 10.9. The summed E-state index contributed by atoms with van der Waals surface area (Å²) >= 11 is 3.46. The molecule has 0 atom stereocenters. The second kappa shape index (κ2) is 8.94. The van der Waals surface area contributed by atoms with Crippen molar-refractivity contribution in [1.29, 1.82) is 0 Å². The highest BCUT2D eigenvalue weighted by molar-refractivity contribution is 9.10. The van der Waals surface area contributed by atoms with Crippen LogP contribution in [0.1, 0.15) is 36.3 Å². The molecule has 0 saturated heterocycles. The van der Waals surface area contributed by atoms with E-state index >= 15 is 0 Å². The van der Waals surface area contributed by atoms with Crippen LogP contribution in [0, 0.1) is 6.92 Å². The Morgan fingerprint density at radius 2 is 2.08 bits per heavy atom. The van der Waals surface area contributed by atoms with E-state index in [4.69, 9.17) is 4.74 Å². The smallest absolute Gasteiger partial charge is 0.253 e.